The van der Waals surface area contributed by atoms with Crippen LogP contribution in [0.5, 0.6) is 0 Å². The van der Waals surface area contributed by atoms with E-state index in [0.29, 0.717) is 34.2 Å². The summed E-state index contributed by atoms with van der Waals surface area (Å²) in [4.78, 5) is 12.6. The first-order valence-electron chi connectivity index (χ1n) is 9.77. The maximum atomic E-state index is 13.1. The van der Waals surface area contributed by atoms with Crippen LogP contribution in [0.1, 0.15) is 39.1 Å². The second-order valence-electron chi connectivity index (χ2n) is 7.25. The summed E-state index contributed by atoms with van der Waals surface area (Å²) < 4.78 is 27.6. The molecular weight excluding hydrogens is 470 g/mol. The normalized spacial score (nSPS) is 16.9. The Morgan fingerprint density at radius 1 is 1.22 bits per heavy atom. The van der Waals surface area contributed by atoms with Gasteiger partial charge >= 0.3 is 0 Å². The summed E-state index contributed by atoms with van der Waals surface area (Å²) in [6.07, 6.45) is 1.40. The number of nitrogens with zero attached hydrogens (tertiary/aromatic N) is 4. The average molecular weight is 488 g/mol. The second kappa shape index (κ2) is 9.34. The van der Waals surface area contributed by atoms with Gasteiger partial charge in [0.25, 0.3) is 5.91 Å². The Morgan fingerprint density at radius 2 is 2.03 bits per heavy atom. The van der Waals surface area contributed by atoms with Gasteiger partial charge in [0.15, 0.2) is 0 Å². The van der Waals surface area contributed by atoms with Gasteiger partial charge in [0.05, 0.1) is 16.5 Å². The van der Waals surface area contributed by atoms with Crippen LogP contribution in [0, 0.1) is 11.3 Å². The molecule has 0 spiro atoms. The van der Waals surface area contributed by atoms with Crippen LogP contribution in [0.2, 0.25) is 5.02 Å². The molecule has 1 amide bonds. The van der Waals surface area contributed by atoms with Crippen molar-refractivity contribution in [2.24, 2.45) is 0 Å². The van der Waals surface area contributed by atoms with Crippen molar-refractivity contribution in [3.8, 4) is 6.07 Å². The Bertz CT molecular complexity index is 1300. The van der Waals surface area contributed by atoms with E-state index in [-0.39, 0.29) is 22.4 Å². The topological polar surface area (TPSA) is 116 Å². The molecule has 2 aromatic carbocycles. The molecule has 11 heteroatoms. The molecule has 1 atom stereocenters. The van der Waals surface area contributed by atoms with Gasteiger partial charge in [-0.1, -0.05) is 35.1 Å². The summed E-state index contributed by atoms with van der Waals surface area (Å²) in [5.74, 6) is -0.562. The predicted molar refractivity (Wildman–Crippen MR) is 121 cm³/mol. The molecule has 8 nitrogen and oxygen atoms in total. The third-order valence-electron chi connectivity index (χ3n) is 5.05. The number of rotatable bonds is 5. The molecule has 1 aromatic heterocycles. The number of carbonyl (C=O) groups is 1. The Labute approximate surface area is 194 Å². The monoisotopic (exact) mass is 487 g/mol. The molecule has 1 N–H and O–H groups in total. The molecule has 1 aliphatic rings. The van der Waals surface area contributed by atoms with Crippen LogP contribution in [0.4, 0.5) is 5.69 Å². The molecule has 32 heavy (non-hydrogen) atoms. The lowest BCUT2D eigenvalue weighted by molar-refractivity contribution is 0.102. The van der Waals surface area contributed by atoms with E-state index in [1.165, 1.54) is 16.4 Å². The van der Waals surface area contributed by atoms with E-state index in [0.717, 1.165) is 17.8 Å². The van der Waals surface area contributed by atoms with E-state index in [9.17, 15) is 13.2 Å². The van der Waals surface area contributed by atoms with Crippen LogP contribution in [0.3, 0.4) is 0 Å². The molecule has 1 aliphatic heterocycles. The molecular formula is C21H18ClN5O3S2. The molecule has 0 unspecified atom stereocenters. The summed E-state index contributed by atoms with van der Waals surface area (Å²) in [5.41, 5.74) is 0.841. The first-order chi connectivity index (χ1) is 15.4. The Balaban J connectivity index is 1.48. The lowest BCUT2D eigenvalue weighted by atomic mass is 10.0. The SMILES string of the molecule is N#Cc1cccc(S(=O)(=O)N2CCC[C@H](c3nnc(C(=O)Nc4cccc(Cl)c4)s3)C2)c1. The third-order valence-corrected chi connectivity index (χ3v) is 8.23. The highest BCUT2D eigenvalue weighted by Crippen LogP contribution is 2.32. The summed E-state index contributed by atoms with van der Waals surface area (Å²) in [6, 6.07) is 14.7. The predicted octanol–water partition coefficient (Wildman–Crippen LogP) is 3.88. The fraction of sp³-hybridized carbons (Fsp3) is 0.238. The first-order valence-corrected chi connectivity index (χ1v) is 12.4. The molecule has 0 aliphatic carbocycles. The number of carbonyl (C=O) groups excluding carboxylic acids is 1. The minimum absolute atomic E-state index is 0.0936. The van der Waals surface area contributed by atoms with Gasteiger partial charge in [-0.15, -0.1) is 10.2 Å². The highest BCUT2D eigenvalue weighted by molar-refractivity contribution is 7.89. The minimum Gasteiger partial charge on any atom is -0.320 e. The van der Waals surface area contributed by atoms with Crippen molar-refractivity contribution in [2.45, 2.75) is 23.7 Å². The van der Waals surface area contributed by atoms with Crippen molar-refractivity contribution in [2.75, 3.05) is 18.4 Å². The molecule has 4 rings (SSSR count). The minimum atomic E-state index is -3.74. The standard InChI is InChI=1S/C21H18ClN5O3S2/c22-16-6-2-7-17(11-16)24-19(28)21-26-25-20(31-21)15-5-3-9-27(13-15)32(29,30)18-8-1-4-14(10-18)12-23/h1-2,4,6-8,10-11,15H,3,5,9,13H2,(H,24,28)/t15-/m0/s1. The fourth-order valence-electron chi connectivity index (χ4n) is 3.48. The second-order valence-corrected chi connectivity index (χ2v) is 10.6. The van der Waals surface area contributed by atoms with Gasteiger partial charge < -0.3 is 5.32 Å². The number of sulfonamides is 1. The van der Waals surface area contributed by atoms with E-state index < -0.39 is 15.9 Å². The van der Waals surface area contributed by atoms with Crippen molar-refractivity contribution >= 4 is 44.6 Å². The Hall–Kier alpha value is -2.84. The van der Waals surface area contributed by atoms with Crippen LogP contribution in [0.15, 0.2) is 53.4 Å². The molecule has 0 radical (unpaired) electrons. The number of nitriles is 1. The number of hydrogen-bond donors (Lipinski definition) is 1. The van der Waals surface area contributed by atoms with E-state index in [1.54, 1.807) is 36.4 Å². The number of amides is 1. The van der Waals surface area contributed by atoms with E-state index in [2.05, 4.69) is 15.5 Å². The van der Waals surface area contributed by atoms with Crippen LogP contribution in [-0.2, 0) is 10.0 Å². The number of halogens is 1. The smallest absolute Gasteiger partial charge is 0.286 e. The van der Waals surface area contributed by atoms with Crippen molar-refractivity contribution < 1.29 is 13.2 Å². The number of nitrogens with one attached hydrogen (secondary N) is 1. The largest absolute Gasteiger partial charge is 0.320 e. The van der Waals surface area contributed by atoms with Crippen LogP contribution < -0.4 is 5.32 Å². The van der Waals surface area contributed by atoms with E-state index in [1.807, 2.05) is 6.07 Å². The van der Waals surface area contributed by atoms with Crippen molar-refractivity contribution in [3.05, 3.63) is 69.1 Å². The van der Waals surface area contributed by atoms with Gasteiger partial charge in [-0.3, -0.25) is 4.79 Å². The number of aromatic nitrogens is 2. The highest BCUT2D eigenvalue weighted by atomic mass is 35.5. The van der Waals surface area contributed by atoms with Crippen molar-refractivity contribution in [1.29, 1.82) is 5.26 Å². The van der Waals surface area contributed by atoms with Crippen LogP contribution >= 0.6 is 22.9 Å². The highest BCUT2D eigenvalue weighted by Gasteiger charge is 2.33. The first kappa shape index (κ1) is 22.4. The zero-order valence-corrected chi connectivity index (χ0v) is 19.1. The quantitative estimate of drug-likeness (QED) is 0.583. The summed E-state index contributed by atoms with van der Waals surface area (Å²) in [5, 5.41) is 21.3. The zero-order valence-electron chi connectivity index (χ0n) is 16.7. The summed E-state index contributed by atoms with van der Waals surface area (Å²) >= 11 is 7.10. The molecule has 0 bridgehead atoms. The maximum Gasteiger partial charge on any atom is 0.286 e. The maximum absolute atomic E-state index is 13.1. The van der Waals surface area contributed by atoms with Crippen LogP contribution in [-0.4, -0.2) is 41.9 Å². The van der Waals surface area contributed by atoms with E-state index >= 15 is 0 Å². The molecule has 1 fully saturated rings. The molecule has 2 heterocycles. The lowest BCUT2D eigenvalue weighted by Crippen LogP contribution is -2.39. The summed E-state index contributed by atoms with van der Waals surface area (Å²) in [6.45, 7) is 0.625. The number of piperidine rings is 1. The fourth-order valence-corrected chi connectivity index (χ4v) is 6.10. The van der Waals surface area contributed by atoms with Gasteiger partial charge in [0.1, 0.15) is 5.01 Å². The Kier molecular flexibility index (Phi) is 6.53. The van der Waals surface area contributed by atoms with Crippen molar-refractivity contribution in [3.63, 3.8) is 0 Å². The number of anilines is 1. The van der Waals surface area contributed by atoms with Crippen molar-refractivity contribution in [1.82, 2.24) is 14.5 Å². The number of benzene rings is 2. The van der Waals surface area contributed by atoms with E-state index in [4.69, 9.17) is 16.9 Å². The van der Waals surface area contributed by atoms with Gasteiger partial charge in [-0.25, -0.2) is 8.42 Å². The van der Waals surface area contributed by atoms with Gasteiger partial charge in [0, 0.05) is 29.7 Å². The van der Waals surface area contributed by atoms with Crippen LogP contribution in [0.25, 0.3) is 0 Å². The zero-order chi connectivity index (χ0) is 22.7. The van der Waals surface area contributed by atoms with Gasteiger partial charge in [-0.2, -0.15) is 9.57 Å². The average Bonchev–Trinajstić information content (AvgIpc) is 3.30. The lowest BCUT2D eigenvalue weighted by Gasteiger charge is -2.30. The Morgan fingerprint density at radius 3 is 2.81 bits per heavy atom. The van der Waals surface area contributed by atoms with Gasteiger partial charge in [-0.05, 0) is 49.2 Å². The molecule has 3 aromatic rings. The van der Waals surface area contributed by atoms with Gasteiger partial charge in [0.2, 0.25) is 15.0 Å². The molecule has 0 saturated carbocycles. The molecule has 1 saturated heterocycles. The number of hydrogen-bond acceptors (Lipinski definition) is 7. The molecule has 164 valence electrons. The summed E-state index contributed by atoms with van der Waals surface area (Å²) in [7, 11) is -3.74. The third kappa shape index (κ3) is 4.81.